The van der Waals surface area contributed by atoms with Gasteiger partial charge in [-0.1, -0.05) is 6.07 Å². The largest absolute Gasteiger partial charge is 0.387 e. The molecule has 0 radical (unpaired) electrons. The first kappa shape index (κ1) is 20.4. The second-order valence-electron chi connectivity index (χ2n) is 7.19. The Hall–Kier alpha value is -2.29. The molecule has 1 aromatic carbocycles. The minimum Gasteiger partial charge on any atom is -0.387 e. The monoisotopic (exact) mass is 403 g/mol. The molecular formula is C20H25N3O4S. The summed E-state index contributed by atoms with van der Waals surface area (Å²) in [6, 6.07) is 10.2. The Morgan fingerprint density at radius 2 is 1.93 bits per heavy atom. The van der Waals surface area contributed by atoms with E-state index in [9.17, 15) is 18.3 Å². The summed E-state index contributed by atoms with van der Waals surface area (Å²) in [5.74, 6) is 0.0267. The number of rotatable bonds is 7. The Labute approximate surface area is 165 Å². The zero-order valence-electron chi connectivity index (χ0n) is 15.8. The Bertz CT molecular complexity index is 893. The van der Waals surface area contributed by atoms with Gasteiger partial charge in [-0.05, 0) is 56.3 Å². The number of benzene rings is 1. The van der Waals surface area contributed by atoms with Crippen molar-refractivity contribution in [2.24, 2.45) is 5.92 Å². The van der Waals surface area contributed by atoms with E-state index in [2.05, 4.69) is 14.6 Å². The van der Waals surface area contributed by atoms with Gasteiger partial charge in [0.05, 0.1) is 12.4 Å². The molecule has 28 heavy (non-hydrogen) atoms. The molecule has 1 aromatic heterocycles. The van der Waals surface area contributed by atoms with Crippen LogP contribution in [0.4, 0.5) is 5.69 Å². The number of aliphatic hydroxyl groups excluding tert-OH is 1. The van der Waals surface area contributed by atoms with E-state index >= 15 is 0 Å². The molecule has 7 nitrogen and oxygen atoms in total. The van der Waals surface area contributed by atoms with Crippen LogP contribution in [0.5, 0.6) is 0 Å². The molecule has 0 aliphatic carbocycles. The van der Waals surface area contributed by atoms with Gasteiger partial charge in [-0.2, -0.15) is 0 Å². The zero-order valence-corrected chi connectivity index (χ0v) is 16.6. The molecule has 2 heterocycles. The number of sulfonamides is 1. The highest BCUT2D eigenvalue weighted by molar-refractivity contribution is 7.92. The summed E-state index contributed by atoms with van der Waals surface area (Å²) >= 11 is 0. The SMILES string of the molecule is CS(=O)(=O)Nc1ccc(C(=O)C2CCN(CC(O)c3cccnc3)CC2)cc1. The van der Waals surface area contributed by atoms with Crippen LogP contribution in [0, 0.1) is 5.92 Å². The second-order valence-corrected chi connectivity index (χ2v) is 8.94. The number of β-amino-alcohol motifs (C(OH)–C–C–N with tert-alkyl or cyclic N) is 1. The van der Waals surface area contributed by atoms with Crippen LogP contribution >= 0.6 is 0 Å². The van der Waals surface area contributed by atoms with E-state index in [1.165, 1.54) is 0 Å². The maximum atomic E-state index is 12.7. The maximum absolute atomic E-state index is 12.7. The van der Waals surface area contributed by atoms with Crippen LogP contribution in [0.3, 0.4) is 0 Å². The molecule has 2 aromatic rings. The van der Waals surface area contributed by atoms with E-state index in [1.54, 1.807) is 42.7 Å². The number of hydrogen-bond acceptors (Lipinski definition) is 6. The third-order valence-corrected chi connectivity index (χ3v) is 5.54. The number of hydrogen-bond donors (Lipinski definition) is 2. The standard InChI is InChI=1S/C20H25N3O4S/c1-28(26,27)22-18-6-4-15(5-7-18)20(25)16-8-11-23(12-9-16)14-19(24)17-3-2-10-21-13-17/h2-7,10,13,16,19,22,24H,8-9,11-12,14H2,1H3. The number of anilines is 1. The van der Waals surface area contributed by atoms with E-state index in [0.717, 1.165) is 37.8 Å². The predicted molar refractivity (Wildman–Crippen MR) is 108 cm³/mol. The van der Waals surface area contributed by atoms with Crippen molar-refractivity contribution in [2.75, 3.05) is 30.6 Å². The highest BCUT2D eigenvalue weighted by Gasteiger charge is 2.27. The van der Waals surface area contributed by atoms with Crippen molar-refractivity contribution in [2.45, 2.75) is 18.9 Å². The molecule has 1 unspecified atom stereocenters. The van der Waals surface area contributed by atoms with Gasteiger partial charge in [-0.15, -0.1) is 0 Å². The molecule has 1 atom stereocenters. The fourth-order valence-electron chi connectivity index (χ4n) is 3.45. The number of ketones is 1. The van der Waals surface area contributed by atoms with Crippen molar-refractivity contribution >= 4 is 21.5 Å². The van der Waals surface area contributed by atoms with Crippen molar-refractivity contribution < 1.29 is 18.3 Å². The average molecular weight is 404 g/mol. The number of Topliss-reactive ketones (excluding diaryl/α,β-unsaturated/α-hetero) is 1. The lowest BCUT2D eigenvalue weighted by atomic mass is 9.88. The average Bonchev–Trinajstić information content (AvgIpc) is 2.68. The van der Waals surface area contributed by atoms with Gasteiger partial charge in [0.15, 0.2) is 5.78 Å². The molecule has 1 aliphatic rings. The highest BCUT2D eigenvalue weighted by atomic mass is 32.2. The van der Waals surface area contributed by atoms with Crippen LogP contribution in [0.1, 0.15) is 34.9 Å². The minimum atomic E-state index is -3.33. The second kappa shape index (κ2) is 8.81. The molecule has 0 amide bonds. The number of carbonyl (C=O) groups is 1. The quantitative estimate of drug-likeness (QED) is 0.687. The van der Waals surface area contributed by atoms with Gasteiger partial charge in [0.1, 0.15) is 0 Å². The molecule has 1 aliphatic heterocycles. The first-order valence-electron chi connectivity index (χ1n) is 9.24. The van der Waals surface area contributed by atoms with Crippen LogP contribution in [-0.4, -0.2) is 55.1 Å². The number of aromatic nitrogens is 1. The summed E-state index contributed by atoms with van der Waals surface area (Å²) in [6.45, 7) is 2.03. The van der Waals surface area contributed by atoms with Crippen molar-refractivity contribution in [3.05, 3.63) is 59.9 Å². The summed E-state index contributed by atoms with van der Waals surface area (Å²) in [6.07, 6.45) is 5.32. The summed E-state index contributed by atoms with van der Waals surface area (Å²) in [5.41, 5.74) is 1.83. The first-order valence-corrected chi connectivity index (χ1v) is 11.1. The molecule has 0 bridgehead atoms. The van der Waals surface area contributed by atoms with E-state index < -0.39 is 16.1 Å². The highest BCUT2D eigenvalue weighted by Crippen LogP contribution is 2.24. The Morgan fingerprint density at radius 1 is 1.25 bits per heavy atom. The van der Waals surface area contributed by atoms with Crippen LogP contribution in [0.2, 0.25) is 0 Å². The van der Waals surface area contributed by atoms with Gasteiger partial charge in [0.25, 0.3) is 0 Å². The van der Waals surface area contributed by atoms with Crippen molar-refractivity contribution in [3.8, 4) is 0 Å². The predicted octanol–water partition coefficient (Wildman–Crippen LogP) is 2.08. The molecule has 150 valence electrons. The molecular weight excluding hydrogens is 378 g/mol. The fraction of sp³-hybridized carbons (Fsp3) is 0.400. The van der Waals surface area contributed by atoms with Gasteiger partial charge in [-0.3, -0.25) is 14.5 Å². The van der Waals surface area contributed by atoms with Crippen LogP contribution in [0.25, 0.3) is 0 Å². The molecule has 2 N–H and O–H groups in total. The lowest BCUT2D eigenvalue weighted by molar-refractivity contribution is 0.0726. The molecule has 0 spiro atoms. The van der Waals surface area contributed by atoms with Crippen LogP contribution in [0.15, 0.2) is 48.8 Å². The molecule has 0 saturated carbocycles. The van der Waals surface area contributed by atoms with E-state index in [0.29, 0.717) is 17.8 Å². The van der Waals surface area contributed by atoms with E-state index in [1.807, 2.05) is 6.07 Å². The Kier molecular flexibility index (Phi) is 6.43. The number of piperidine rings is 1. The van der Waals surface area contributed by atoms with Gasteiger partial charge in [0, 0.05) is 41.7 Å². The number of aliphatic hydroxyl groups is 1. The van der Waals surface area contributed by atoms with Gasteiger partial charge >= 0.3 is 0 Å². The number of nitrogens with one attached hydrogen (secondary N) is 1. The minimum absolute atomic E-state index is 0.0551. The summed E-state index contributed by atoms with van der Waals surface area (Å²) in [5, 5.41) is 10.3. The van der Waals surface area contributed by atoms with Gasteiger partial charge in [-0.25, -0.2) is 8.42 Å². The summed E-state index contributed by atoms with van der Waals surface area (Å²) < 4.78 is 24.9. The molecule has 3 rings (SSSR count). The normalized spacial score (nSPS) is 17.2. The molecule has 8 heteroatoms. The van der Waals surface area contributed by atoms with Crippen LogP contribution < -0.4 is 4.72 Å². The molecule has 1 fully saturated rings. The van der Waals surface area contributed by atoms with Crippen molar-refractivity contribution in [3.63, 3.8) is 0 Å². The Morgan fingerprint density at radius 3 is 2.50 bits per heavy atom. The topological polar surface area (TPSA) is 99.6 Å². The lowest BCUT2D eigenvalue weighted by Crippen LogP contribution is -2.38. The Balaban J connectivity index is 1.52. The number of pyridine rings is 1. The summed E-state index contributed by atoms with van der Waals surface area (Å²) in [4.78, 5) is 18.9. The number of nitrogens with zero attached hydrogens (tertiary/aromatic N) is 2. The fourth-order valence-corrected chi connectivity index (χ4v) is 4.02. The lowest BCUT2D eigenvalue weighted by Gasteiger charge is -2.32. The van der Waals surface area contributed by atoms with E-state index in [-0.39, 0.29) is 11.7 Å². The van der Waals surface area contributed by atoms with Crippen molar-refractivity contribution in [1.29, 1.82) is 0 Å². The van der Waals surface area contributed by atoms with Gasteiger partial charge < -0.3 is 10.0 Å². The van der Waals surface area contributed by atoms with Crippen LogP contribution in [-0.2, 0) is 10.0 Å². The first-order chi connectivity index (χ1) is 13.3. The van der Waals surface area contributed by atoms with E-state index in [4.69, 9.17) is 0 Å². The third-order valence-electron chi connectivity index (χ3n) is 4.93. The zero-order chi connectivity index (χ0) is 20.1. The third kappa shape index (κ3) is 5.60. The molecule has 1 saturated heterocycles. The smallest absolute Gasteiger partial charge is 0.229 e. The van der Waals surface area contributed by atoms with Gasteiger partial charge in [0.2, 0.25) is 10.0 Å². The maximum Gasteiger partial charge on any atom is 0.229 e. The van der Waals surface area contributed by atoms with Crippen molar-refractivity contribution in [1.82, 2.24) is 9.88 Å². The number of carbonyl (C=O) groups excluding carboxylic acids is 1. The summed E-state index contributed by atoms with van der Waals surface area (Å²) in [7, 11) is -3.33. The number of likely N-dealkylation sites (tertiary alicyclic amines) is 1.